The first-order chi connectivity index (χ1) is 25.5. The third-order valence-electron chi connectivity index (χ3n) is 9.50. The van der Waals surface area contributed by atoms with Crippen LogP contribution in [0, 0.1) is 5.92 Å². The second kappa shape index (κ2) is 17.5. The summed E-state index contributed by atoms with van der Waals surface area (Å²) in [7, 11) is 0. The van der Waals surface area contributed by atoms with Gasteiger partial charge in [-0.2, -0.15) is 4.98 Å². The average molecular weight is 778 g/mol. The molecule has 3 aromatic heterocycles. The van der Waals surface area contributed by atoms with Crippen LogP contribution in [0.2, 0.25) is 5.28 Å². The van der Waals surface area contributed by atoms with E-state index in [0.717, 1.165) is 53.8 Å². The van der Waals surface area contributed by atoms with E-state index in [2.05, 4.69) is 51.2 Å². The molecular formula is C41H56ClN7O4S. The summed E-state index contributed by atoms with van der Waals surface area (Å²) in [6, 6.07) is 10.4. The molecule has 54 heavy (non-hydrogen) atoms. The predicted octanol–water partition coefficient (Wildman–Crippen LogP) is 9.94. The standard InChI is InChI=1S/C41H56ClN7O4S/c1-9-27(2)18-21-47(38(50)52-40(3,4)5)19-13-20-48(39(51)53-41(6,7)8)24-29-16-17-31(23-29)49-25-32(33-34(43)45-37(42)46-35(33)49)36-44-30(26-54-36)22-28-14-11-10-12-15-28/h9-12,14-15,25-26,29,31H,13,16-24H2,1-8H3,(H2,43,45,46)/b27-9+/t29-,31+/m1/s1. The smallest absolute Gasteiger partial charge is 0.410 e. The fraction of sp³-hybridized carbons (Fsp3) is 0.537. The van der Waals surface area contributed by atoms with Crippen LogP contribution in [0.1, 0.15) is 105 Å². The lowest BCUT2D eigenvalue weighted by molar-refractivity contribution is 0.0186. The highest BCUT2D eigenvalue weighted by Gasteiger charge is 2.33. The molecule has 11 nitrogen and oxygen atoms in total. The van der Waals surface area contributed by atoms with E-state index in [4.69, 9.17) is 31.8 Å². The van der Waals surface area contributed by atoms with Gasteiger partial charge in [0.15, 0.2) is 0 Å². The SMILES string of the molecule is C/C=C(\C)CCN(CCCN(C[C@@H]1CC[C@H](n2cc(-c3nc(Cc4ccccc4)cs3)c3c(N)nc(Cl)nc32)C1)C(=O)OC(C)(C)C)C(=O)OC(C)(C)C. The van der Waals surface area contributed by atoms with Crippen LogP contribution in [0.4, 0.5) is 15.4 Å². The minimum atomic E-state index is -0.643. The molecule has 1 saturated carbocycles. The number of nitrogens with zero attached hydrogens (tertiary/aromatic N) is 6. The first-order valence-corrected chi connectivity index (χ1v) is 20.1. The van der Waals surface area contributed by atoms with Gasteiger partial charge < -0.3 is 29.6 Å². The Labute approximate surface area is 328 Å². The largest absolute Gasteiger partial charge is 0.444 e. The molecule has 0 spiro atoms. The van der Waals surface area contributed by atoms with Gasteiger partial charge in [-0.15, -0.1) is 11.3 Å². The first kappa shape index (κ1) is 41.0. The third-order valence-corrected chi connectivity index (χ3v) is 10.6. The number of halogens is 1. The number of anilines is 1. The van der Waals surface area contributed by atoms with E-state index < -0.39 is 11.2 Å². The zero-order valence-corrected chi connectivity index (χ0v) is 34.6. The van der Waals surface area contributed by atoms with E-state index in [1.807, 2.05) is 71.6 Å². The van der Waals surface area contributed by atoms with E-state index in [0.29, 0.717) is 44.1 Å². The van der Waals surface area contributed by atoms with Gasteiger partial charge in [-0.3, -0.25) is 0 Å². The van der Waals surface area contributed by atoms with Crippen LogP contribution < -0.4 is 5.73 Å². The molecular weight excluding hydrogens is 722 g/mol. The second-order valence-corrected chi connectivity index (χ2v) is 17.5. The summed E-state index contributed by atoms with van der Waals surface area (Å²) in [5.41, 5.74) is 10.2. The van der Waals surface area contributed by atoms with Crippen molar-refractivity contribution in [2.75, 3.05) is 31.9 Å². The number of carbonyl (C=O) groups excluding carboxylic acids is 2. The van der Waals surface area contributed by atoms with Crippen LogP contribution in [0.3, 0.4) is 0 Å². The molecule has 1 fully saturated rings. The number of hydrogen-bond acceptors (Lipinski definition) is 9. The van der Waals surface area contributed by atoms with Crippen molar-refractivity contribution in [1.29, 1.82) is 0 Å². The van der Waals surface area contributed by atoms with Crippen LogP contribution >= 0.6 is 22.9 Å². The molecule has 2 N–H and O–H groups in total. The maximum atomic E-state index is 13.6. The predicted molar refractivity (Wildman–Crippen MR) is 218 cm³/mol. The molecule has 13 heteroatoms. The Morgan fingerprint density at radius 2 is 1.65 bits per heavy atom. The number of nitrogens with two attached hydrogens (primary N) is 1. The summed E-state index contributed by atoms with van der Waals surface area (Å²) in [5, 5.41) is 3.79. The molecule has 1 aliphatic rings. The van der Waals surface area contributed by atoms with Crippen LogP contribution in [0.15, 0.2) is 53.6 Å². The molecule has 0 aliphatic heterocycles. The molecule has 5 rings (SSSR count). The van der Waals surface area contributed by atoms with E-state index in [-0.39, 0.29) is 29.4 Å². The fourth-order valence-corrected chi connectivity index (χ4v) is 7.80. The maximum absolute atomic E-state index is 13.6. The molecule has 4 aromatic rings. The number of thiazole rings is 1. The quantitative estimate of drug-likeness (QED) is 0.105. The summed E-state index contributed by atoms with van der Waals surface area (Å²) in [6.45, 7) is 17.3. The molecule has 1 aromatic carbocycles. The number of allylic oxidation sites excluding steroid dienone is 1. The van der Waals surface area contributed by atoms with E-state index in [9.17, 15) is 9.59 Å². The highest BCUT2D eigenvalue weighted by molar-refractivity contribution is 7.13. The number of hydrogen-bond donors (Lipinski definition) is 1. The number of carbonyl (C=O) groups is 2. The van der Waals surface area contributed by atoms with E-state index in [1.54, 1.807) is 16.2 Å². The molecule has 1 aliphatic carbocycles. The third kappa shape index (κ3) is 11.2. The molecule has 0 radical (unpaired) electrons. The summed E-state index contributed by atoms with van der Waals surface area (Å²) < 4.78 is 13.8. The Morgan fingerprint density at radius 3 is 2.31 bits per heavy atom. The normalized spacial score (nSPS) is 16.5. The number of fused-ring (bicyclic) bond motifs is 1. The van der Waals surface area contributed by atoms with Crippen molar-refractivity contribution in [3.8, 4) is 10.6 Å². The molecule has 3 heterocycles. The van der Waals surface area contributed by atoms with E-state index >= 15 is 0 Å². The number of nitrogen functional groups attached to an aromatic ring is 1. The zero-order chi connectivity index (χ0) is 39.2. The van der Waals surface area contributed by atoms with Crippen LogP contribution in [-0.2, 0) is 15.9 Å². The van der Waals surface area contributed by atoms with Gasteiger partial charge in [0.05, 0.1) is 11.1 Å². The minimum Gasteiger partial charge on any atom is -0.444 e. The number of aromatic nitrogens is 4. The summed E-state index contributed by atoms with van der Waals surface area (Å²) in [4.78, 5) is 44.3. The highest BCUT2D eigenvalue weighted by atomic mass is 35.5. The van der Waals surface area contributed by atoms with Crippen molar-refractivity contribution < 1.29 is 19.1 Å². The van der Waals surface area contributed by atoms with Gasteiger partial charge in [0.1, 0.15) is 27.7 Å². The van der Waals surface area contributed by atoms with Gasteiger partial charge in [0, 0.05) is 55.8 Å². The molecule has 0 unspecified atom stereocenters. The minimum absolute atomic E-state index is 0.0988. The van der Waals surface area contributed by atoms with Gasteiger partial charge in [0.25, 0.3) is 0 Å². The average Bonchev–Trinajstić information content (AvgIpc) is 3.83. The Kier molecular flexibility index (Phi) is 13.3. The van der Waals surface area contributed by atoms with Gasteiger partial charge >= 0.3 is 12.2 Å². The Balaban J connectivity index is 1.32. The van der Waals surface area contributed by atoms with Crippen molar-refractivity contribution in [1.82, 2.24) is 29.3 Å². The van der Waals surface area contributed by atoms with Crippen molar-refractivity contribution in [3.05, 3.63) is 70.1 Å². The van der Waals surface area contributed by atoms with Crippen molar-refractivity contribution in [2.45, 2.75) is 111 Å². The molecule has 2 amide bonds. The first-order valence-electron chi connectivity index (χ1n) is 18.9. The number of rotatable bonds is 13. The summed E-state index contributed by atoms with van der Waals surface area (Å²) in [5.74, 6) is 0.542. The number of benzene rings is 1. The lowest BCUT2D eigenvalue weighted by Gasteiger charge is -2.31. The van der Waals surface area contributed by atoms with Gasteiger partial charge in [-0.1, -0.05) is 42.0 Å². The topological polar surface area (TPSA) is 129 Å². The van der Waals surface area contributed by atoms with E-state index in [1.165, 1.54) is 11.1 Å². The molecule has 292 valence electrons. The molecule has 2 atom stereocenters. The Hall–Kier alpha value is -4.16. The van der Waals surface area contributed by atoms with Crippen LogP contribution in [-0.4, -0.2) is 78.9 Å². The summed E-state index contributed by atoms with van der Waals surface area (Å²) >= 11 is 7.96. The second-order valence-electron chi connectivity index (χ2n) is 16.3. The van der Waals surface area contributed by atoms with Gasteiger partial charge in [0.2, 0.25) is 5.28 Å². The van der Waals surface area contributed by atoms with Crippen molar-refractivity contribution in [2.24, 2.45) is 5.92 Å². The Bertz CT molecular complexity index is 1930. The monoisotopic (exact) mass is 777 g/mol. The maximum Gasteiger partial charge on any atom is 0.410 e. The lowest BCUT2D eigenvalue weighted by atomic mass is 10.1. The zero-order valence-electron chi connectivity index (χ0n) is 33.0. The van der Waals surface area contributed by atoms with Gasteiger partial charge in [-0.25, -0.2) is 19.6 Å². The lowest BCUT2D eigenvalue weighted by Crippen LogP contribution is -2.42. The Morgan fingerprint density at radius 1 is 0.981 bits per heavy atom. The van der Waals surface area contributed by atoms with Crippen LogP contribution in [0.25, 0.3) is 21.6 Å². The number of ether oxygens (including phenoxy) is 2. The van der Waals surface area contributed by atoms with Crippen molar-refractivity contribution in [3.63, 3.8) is 0 Å². The molecule has 0 saturated heterocycles. The summed E-state index contributed by atoms with van der Waals surface area (Å²) in [6.07, 6.45) is 8.17. The van der Waals surface area contributed by atoms with Crippen LogP contribution in [0.5, 0.6) is 0 Å². The fourth-order valence-electron chi connectivity index (χ4n) is 6.80. The molecule has 0 bridgehead atoms. The van der Waals surface area contributed by atoms with Gasteiger partial charge in [-0.05, 0) is 111 Å². The van der Waals surface area contributed by atoms with Crippen molar-refractivity contribution >= 4 is 52.0 Å². The number of amides is 2. The highest BCUT2D eigenvalue weighted by Crippen LogP contribution is 2.42.